The second kappa shape index (κ2) is 11.7. The van der Waals surface area contributed by atoms with Crippen molar-refractivity contribution in [2.24, 2.45) is 5.92 Å². The lowest BCUT2D eigenvalue weighted by Gasteiger charge is -2.23. The van der Waals surface area contributed by atoms with Gasteiger partial charge in [0.1, 0.15) is 12.6 Å². The molecule has 0 radical (unpaired) electrons. The predicted octanol–water partition coefficient (Wildman–Crippen LogP) is 4.87. The molecule has 186 valence electrons. The number of alkyl carbamates (subject to hydrolysis) is 1. The van der Waals surface area contributed by atoms with Crippen molar-refractivity contribution < 1.29 is 24.2 Å². The standard InChI is InChI=1S/C28H34N2O5/c1-17(2)13-14-24(27(32)33)29-26(31)15-25(18(3)4)30-28(34)35-16-23-21-11-7-5-9-19(21)20-10-6-8-12-22(20)23/h5-13,18,23-25H,14-16H2,1-4H3,(H,29,31)(H,30,34)(H,32,33). The Kier molecular flexibility index (Phi) is 8.68. The summed E-state index contributed by atoms with van der Waals surface area (Å²) in [6.45, 7) is 7.70. The van der Waals surface area contributed by atoms with Gasteiger partial charge in [-0.25, -0.2) is 9.59 Å². The van der Waals surface area contributed by atoms with Gasteiger partial charge in [-0.15, -0.1) is 0 Å². The number of nitrogens with one attached hydrogen (secondary N) is 2. The second-order valence-corrected chi connectivity index (χ2v) is 9.50. The molecule has 2 aromatic carbocycles. The summed E-state index contributed by atoms with van der Waals surface area (Å²) in [6.07, 6.45) is 1.34. The normalized spacial score (nSPS) is 13.9. The fourth-order valence-electron chi connectivity index (χ4n) is 4.27. The van der Waals surface area contributed by atoms with Crippen LogP contribution in [-0.4, -0.2) is 41.8 Å². The molecule has 1 aliphatic carbocycles. The molecule has 0 saturated carbocycles. The SMILES string of the molecule is CC(C)=CCC(NC(=O)CC(NC(=O)OCC1c2ccccc2-c2ccccc21)C(C)C)C(=O)O. The molecule has 2 atom stereocenters. The highest BCUT2D eigenvalue weighted by Gasteiger charge is 2.30. The monoisotopic (exact) mass is 478 g/mol. The highest BCUT2D eigenvalue weighted by molar-refractivity contribution is 5.84. The molecule has 0 saturated heterocycles. The first-order chi connectivity index (χ1) is 16.7. The fraction of sp³-hybridized carbons (Fsp3) is 0.393. The second-order valence-electron chi connectivity index (χ2n) is 9.50. The van der Waals surface area contributed by atoms with E-state index in [2.05, 4.69) is 34.9 Å². The number of ether oxygens (including phenoxy) is 1. The fourth-order valence-corrected chi connectivity index (χ4v) is 4.27. The number of rotatable bonds is 10. The molecule has 3 N–H and O–H groups in total. The van der Waals surface area contributed by atoms with Crippen LogP contribution in [0.15, 0.2) is 60.2 Å². The van der Waals surface area contributed by atoms with Gasteiger partial charge in [0.2, 0.25) is 5.91 Å². The molecule has 7 heteroatoms. The number of carbonyl (C=O) groups is 3. The Morgan fingerprint density at radius 3 is 2.06 bits per heavy atom. The third kappa shape index (κ3) is 6.72. The van der Waals surface area contributed by atoms with Gasteiger partial charge in [0.05, 0.1) is 0 Å². The van der Waals surface area contributed by atoms with E-state index in [1.165, 1.54) is 0 Å². The number of amides is 2. The molecule has 3 rings (SSSR count). The number of hydrogen-bond donors (Lipinski definition) is 3. The summed E-state index contributed by atoms with van der Waals surface area (Å²) in [6, 6.07) is 14.7. The van der Waals surface area contributed by atoms with Crippen molar-refractivity contribution in [1.82, 2.24) is 10.6 Å². The summed E-state index contributed by atoms with van der Waals surface area (Å²) in [5.41, 5.74) is 5.52. The number of carbonyl (C=O) groups excluding carboxylic acids is 2. The van der Waals surface area contributed by atoms with Crippen molar-refractivity contribution in [1.29, 1.82) is 0 Å². The van der Waals surface area contributed by atoms with Gasteiger partial charge >= 0.3 is 12.1 Å². The number of benzene rings is 2. The molecule has 0 heterocycles. The maximum absolute atomic E-state index is 12.7. The first kappa shape index (κ1) is 26.0. The van der Waals surface area contributed by atoms with Crippen LogP contribution in [0.4, 0.5) is 4.79 Å². The Labute approximate surface area is 206 Å². The largest absolute Gasteiger partial charge is 0.480 e. The molecule has 2 amide bonds. The Balaban J connectivity index is 1.59. The van der Waals surface area contributed by atoms with Gasteiger partial charge in [0, 0.05) is 18.4 Å². The molecular weight excluding hydrogens is 444 g/mol. The Hall–Kier alpha value is -3.61. The average molecular weight is 479 g/mol. The molecule has 2 aromatic rings. The van der Waals surface area contributed by atoms with Crippen molar-refractivity contribution in [2.45, 2.75) is 58.5 Å². The van der Waals surface area contributed by atoms with Gasteiger partial charge in [0.25, 0.3) is 0 Å². The summed E-state index contributed by atoms with van der Waals surface area (Å²) in [4.78, 5) is 36.7. The first-order valence-corrected chi connectivity index (χ1v) is 11.9. The molecule has 1 aliphatic rings. The number of carboxylic acids is 1. The van der Waals surface area contributed by atoms with Crippen LogP contribution in [0.1, 0.15) is 57.6 Å². The summed E-state index contributed by atoms with van der Waals surface area (Å²) in [7, 11) is 0. The van der Waals surface area contributed by atoms with Crippen LogP contribution in [0, 0.1) is 5.92 Å². The molecule has 0 fully saturated rings. The van der Waals surface area contributed by atoms with E-state index < -0.39 is 30.1 Å². The Morgan fingerprint density at radius 1 is 0.971 bits per heavy atom. The molecule has 7 nitrogen and oxygen atoms in total. The first-order valence-electron chi connectivity index (χ1n) is 11.9. The molecule has 35 heavy (non-hydrogen) atoms. The summed E-state index contributed by atoms with van der Waals surface area (Å²) in [5.74, 6) is -1.64. The molecule has 2 unspecified atom stereocenters. The predicted molar refractivity (Wildman–Crippen MR) is 135 cm³/mol. The summed E-state index contributed by atoms with van der Waals surface area (Å²) < 4.78 is 5.60. The zero-order valence-corrected chi connectivity index (χ0v) is 20.7. The lowest BCUT2D eigenvalue weighted by molar-refractivity contribution is -0.141. The van der Waals surface area contributed by atoms with Crippen LogP contribution < -0.4 is 10.6 Å². The van der Waals surface area contributed by atoms with Gasteiger partial charge in [0.15, 0.2) is 0 Å². The Bertz CT molecular complexity index is 1060. The average Bonchev–Trinajstić information content (AvgIpc) is 3.13. The Morgan fingerprint density at radius 2 is 1.54 bits per heavy atom. The number of carboxylic acid groups (broad SMARTS) is 1. The van der Waals surface area contributed by atoms with Gasteiger partial charge in [-0.2, -0.15) is 0 Å². The van der Waals surface area contributed by atoms with E-state index in [1.807, 2.05) is 52.0 Å². The number of aliphatic carboxylic acids is 1. The lowest BCUT2D eigenvalue weighted by Crippen LogP contribution is -2.46. The van der Waals surface area contributed by atoms with E-state index in [9.17, 15) is 19.5 Å². The molecule has 0 spiro atoms. The zero-order valence-electron chi connectivity index (χ0n) is 20.7. The van der Waals surface area contributed by atoms with E-state index in [0.29, 0.717) is 0 Å². The van der Waals surface area contributed by atoms with E-state index in [0.717, 1.165) is 27.8 Å². The van der Waals surface area contributed by atoms with Gasteiger partial charge in [-0.1, -0.05) is 74.0 Å². The number of allylic oxidation sites excluding steroid dienone is 1. The highest BCUT2D eigenvalue weighted by atomic mass is 16.5. The van der Waals surface area contributed by atoms with Crippen LogP contribution in [0.2, 0.25) is 0 Å². The van der Waals surface area contributed by atoms with Crippen molar-refractivity contribution in [3.63, 3.8) is 0 Å². The summed E-state index contributed by atoms with van der Waals surface area (Å²) >= 11 is 0. The minimum absolute atomic E-state index is 0.0412. The van der Waals surface area contributed by atoms with Gasteiger partial charge in [-0.3, -0.25) is 4.79 Å². The van der Waals surface area contributed by atoms with E-state index in [4.69, 9.17) is 4.74 Å². The van der Waals surface area contributed by atoms with Crippen LogP contribution in [-0.2, 0) is 14.3 Å². The van der Waals surface area contributed by atoms with E-state index >= 15 is 0 Å². The third-order valence-electron chi connectivity index (χ3n) is 6.25. The van der Waals surface area contributed by atoms with Crippen LogP contribution in [0.25, 0.3) is 11.1 Å². The highest BCUT2D eigenvalue weighted by Crippen LogP contribution is 2.44. The maximum Gasteiger partial charge on any atom is 0.407 e. The lowest BCUT2D eigenvalue weighted by atomic mass is 9.98. The quantitative estimate of drug-likeness (QED) is 0.423. The summed E-state index contributed by atoms with van der Waals surface area (Å²) in [5, 5.41) is 14.7. The topological polar surface area (TPSA) is 105 Å². The van der Waals surface area contributed by atoms with Crippen molar-refractivity contribution >= 4 is 18.0 Å². The van der Waals surface area contributed by atoms with Crippen molar-refractivity contribution in [3.05, 3.63) is 71.3 Å². The number of fused-ring (bicyclic) bond motifs is 3. The molecule has 0 bridgehead atoms. The van der Waals surface area contributed by atoms with Crippen molar-refractivity contribution in [2.75, 3.05) is 6.61 Å². The van der Waals surface area contributed by atoms with Gasteiger partial charge < -0.3 is 20.5 Å². The van der Waals surface area contributed by atoms with Crippen molar-refractivity contribution in [3.8, 4) is 11.1 Å². The van der Waals surface area contributed by atoms with Gasteiger partial charge in [-0.05, 0) is 48.4 Å². The number of hydrogen-bond acceptors (Lipinski definition) is 4. The smallest absolute Gasteiger partial charge is 0.407 e. The molecular formula is C28H34N2O5. The zero-order chi connectivity index (χ0) is 25.5. The van der Waals surface area contributed by atoms with E-state index in [1.54, 1.807) is 6.08 Å². The maximum atomic E-state index is 12.7. The minimum Gasteiger partial charge on any atom is -0.480 e. The van der Waals surface area contributed by atoms with Crippen LogP contribution >= 0.6 is 0 Å². The van der Waals surface area contributed by atoms with Crippen LogP contribution in [0.5, 0.6) is 0 Å². The molecule has 0 aliphatic heterocycles. The van der Waals surface area contributed by atoms with E-state index in [-0.39, 0.29) is 31.3 Å². The third-order valence-corrected chi connectivity index (χ3v) is 6.25. The minimum atomic E-state index is -1.10. The molecule has 0 aromatic heterocycles. The van der Waals surface area contributed by atoms with Crippen LogP contribution in [0.3, 0.4) is 0 Å².